The van der Waals surface area contributed by atoms with Gasteiger partial charge >= 0.3 is 0 Å². The number of rotatable bonds is 3. The minimum Gasteiger partial charge on any atom is -0.369 e. The molecule has 2 rings (SSSR count). The summed E-state index contributed by atoms with van der Waals surface area (Å²) in [5.74, 6) is -0.224. The van der Waals surface area contributed by atoms with E-state index in [2.05, 4.69) is 13.8 Å². The molecule has 2 nitrogen and oxygen atoms in total. The van der Waals surface area contributed by atoms with Gasteiger partial charge in [-0.05, 0) is 37.2 Å². The summed E-state index contributed by atoms with van der Waals surface area (Å²) < 4.78 is 28.0. The number of hydrogen-bond acceptors (Lipinski definition) is 2. The summed E-state index contributed by atoms with van der Waals surface area (Å²) >= 11 is 0. The maximum Gasteiger partial charge on any atom is 0.182 e. The third-order valence-electron chi connectivity index (χ3n) is 4.42. The summed E-state index contributed by atoms with van der Waals surface area (Å²) in [6, 6.07) is 3.26. The molecule has 20 heavy (non-hydrogen) atoms. The maximum atomic E-state index is 14.1. The van der Waals surface area contributed by atoms with E-state index in [1.807, 2.05) is 4.90 Å². The highest BCUT2D eigenvalue weighted by Gasteiger charge is 2.23. The van der Waals surface area contributed by atoms with Gasteiger partial charge in [0.1, 0.15) is 0 Å². The molecule has 1 aromatic rings. The van der Waals surface area contributed by atoms with Crippen LogP contribution in [0.15, 0.2) is 12.1 Å². The SMILES string of the molecule is CC(C)C1CCCN(c2ccc(CN)c(F)c2F)CC1. The Kier molecular flexibility index (Phi) is 4.97. The van der Waals surface area contributed by atoms with Crippen LogP contribution in [0.5, 0.6) is 0 Å². The van der Waals surface area contributed by atoms with Crippen LogP contribution in [0, 0.1) is 23.5 Å². The van der Waals surface area contributed by atoms with E-state index in [1.165, 1.54) is 6.42 Å². The molecular formula is C16H24F2N2. The second kappa shape index (κ2) is 6.53. The number of benzene rings is 1. The highest BCUT2D eigenvalue weighted by molar-refractivity contribution is 5.50. The van der Waals surface area contributed by atoms with E-state index in [1.54, 1.807) is 12.1 Å². The lowest BCUT2D eigenvalue weighted by Crippen LogP contribution is -2.26. The van der Waals surface area contributed by atoms with Crippen molar-refractivity contribution in [3.05, 3.63) is 29.3 Å². The van der Waals surface area contributed by atoms with Gasteiger partial charge in [-0.25, -0.2) is 8.78 Å². The number of nitrogens with zero attached hydrogens (tertiary/aromatic N) is 1. The van der Waals surface area contributed by atoms with Crippen molar-refractivity contribution in [1.29, 1.82) is 0 Å². The molecule has 1 saturated heterocycles. The van der Waals surface area contributed by atoms with Gasteiger partial charge in [0.2, 0.25) is 0 Å². The van der Waals surface area contributed by atoms with Crippen molar-refractivity contribution in [1.82, 2.24) is 0 Å². The molecule has 0 bridgehead atoms. The summed E-state index contributed by atoms with van der Waals surface area (Å²) in [7, 11) is 0. The van der Waals surface area contributed by atoms with Crippen LogP contribution in [0.2, 0.25) is 0 Å². The molecule has 1 atom stereocenters. The molecule has 112 valence electrons. The molecule has 1 aromatic carbocycles. The number of anilines is 1. The molecule has 1 fully saturated rings. The standard InChI is InChI=1S/C16H24F2N2/c1-11(2)12-4-3-8-20(9-7-12)14-6-5-13(10-19)15(17)16(14)18/h5-6,11-12H,3-4,7-10,19H2,1-2H3. The van der Waals surface area contributed by atoms with Crippen molar-refractivity contribution >= 4 is 5.69 Å². The summed E-state index contributed by atoms with van der Waals surface area (Å²) in [6.07, 6.45) is 3.24. The van der Waals surface area contributed by atoms with Crippen molar-refractivity contribution in [3.8, 4) is 0 Å². The van der Waals surface area contributed by atoms with Crippen LogP contribution in [-0.4, -0.2) is 13.1 Å². The van der Waals surface area contributed by atoms with Gasteiger partial charge < -0.3 is 10.6 Å². The fourth-order valence-electron chi connectivity index (χ4n) is 3.01. The molecule has 0 amide bonds. The molecule has 0 radical (unpaired) electrons. The fraction of sp³-hybridized carbons (Fsp3) is 0.625. The minimum atomic E-state index is -0.797. The topological polar surface area (TPSA) is 29.3 Å². The van der Waals surface area contributed by atoms with Crippen molar-refractivity contribution in [2.75, 3.05) is 18.0 Å². The largest absolute Gasteiger partial charge is 0.369 e. The number of nitrogens with two attached hydrogens (primary N) is 1. The van der Waals surface area contributed by atoms with E-state index in [0.29, 0.717) is 17.5 Å². The van der Waals surface area contributed by atoms with E-state index in [0.717, 1.165) is 25.9 Å². The lowest BCUT2D eigenvalue weighted by molar-refractivity contribution is 0.351. The quantitative estimate of drug-likeness (QED) is 0.916. The first-order valence-electron chi connectivity index (χ1n) is 7.46. The lowest BCUT2D eigenvalue weighted by Gasteiger charge is -2.24. The highest BCUT2D eigenvalue weighted by Crippen LogP contribution is 2.30. The van der Waals surface area contributed by atoms with Crippen LogP contribution in [0.3, 0.4) is 0 Å². The second-order valence-corrected chi connectivity index (χ2v) is 6.00. The molecule has 0 spiro atoms. The average molecular weight is 282 g/mol. The van der Waals surface area contributed by atoms with Crippen molar-refractivity contribution in [3.63, 3.8) is 0 Å². The second-order valence-electron chi connectivity index (χ2n) is 6.00. The molecule has 2 N–H and O–H groups in total. The van der Waals surface area contributed by atoms with Gasteiger partial charge in [-0.1, -0.05) is 19.9 Å². The molecule has 1 heterocycles. The van der Waals surface area contributed by atoms with Crippen LogP contribution in [-0.2, 0) is 6.54 Å². The van der Waals surface area contributed by atoms with Crippen LogP contribution >= 0.6 is 0 Å². The third-order valence-corrected chi connectivity index (χ3v) is 4.42. The summed E-state index contributed by atoms with van der Waals surface area (Å²) in [6.45, 7) is 6.08. The Labute approximate surface area is 120 Å². The Morgan fingerprint density at radius 2 is 1.95 bits per heavy atom. The zero-order valence-corrected chi connectivity index (χ0v) is 12.3. The summed E-state index contributed by atoms with van der Waals surface area (Å²) in [5.41, 5.74) is 6.02. The predicted octanol–water partition coefficient (Wildman–Crippen LogP) is 3.69. The van der Waals surface area contributed by atoms with Gasteiger partial charge in [0, 0.05) is 25.2 Å². The Hall–Kier alpha value is -1.16. The lowest BCUT2D eigenvalue weighted by atomic mass is 9.89. The van der Waals surface area contributed by atoms with Gasteiger partial charge in [0.25, 0.3) is 0 Å². The smallest absolute Gasteiger partial charge is 0.182 e. The minimum absolute atomic E-state index is 0.0262. The van der Waals surface area contributed by atoms with E-state index < -0.39 is 11.6 Å². The molecule has 1 unspecified atom stereocenters. The number of halogens is 2. The Balaban J connectivity index is 2.18. The zero-order chi connectivity index (χ0) is 14.7. The van der Waals surface area contributed by atoms with E-state index in [9.17, 15) is 8.78 Å². The highest BCUT2D eigenvalue weighted by atomic mass is 19.2. The Bertz CT molecular complexity index is 460. The monoisotopic (exact) mass is 282 g/mol. The van der Waals surface area contributed by atoms with Gasteiger partial charge in [-0.2, -0.15) is 0 Å². The van der Waals surface area contributed by atoms with Gasteiger partial charge in [-0.3, -0.25) is 0 Å². The average Bonchev–Trinajstić information content (AvgIpc) is 2.67. The van der Waals surface area contributed by atoms with Crippen LogP contribution < -0.4 is 10.6 Å². The molecule has 1 aliphatic rings. The predicted molar refractivity (Wildman–Crippen MR) is 78.6 cm³/mol. The molecular weight excluding hydrogens is 258 g/mol. The first-order valence-corrected chi connectivity index (χ1v) is 7.46. The van der Waals surface area contributed by atoms with Gasteiger partial charge in [0.15, 0.2) is 11.6 Å². The Morgan fingerprint density at radius 1 is 1.20 bits per heavy atom. The summed E-state index contributed by atoms with van der Waals surface area (Å²) in [5, 5.41) is 0. The number of hydrogen-bond donors (Lipinski definition) is 1. The third kappa shape index (κ3) is 3.11. The van der Waals surface area contributed by atoms with Gasteiger partial charge in [0.05, 0.1) is 5.69 Å². The maximum absolute atomic E-state index is 14.1. The molecule has 0 saturated carbocycles. The van der Waals surface area contributed by atoms with E-state index in [-0.39, 0.29) is 12.1 Å². The normalized spacial score (nSPS) is 20.3. The van der Waals surface area contributed by atoms with Crippen molar-refractivity contribution < 1.29 is 8.78 Å². The molecule has 4 heteroatoms. The van der Waals surface area contributed by atoms with Crippen LogP contribution in [0.25, 0.3) is 0 Å². The first-order chi connectivity index (χ1) is 9.54. The zero-order valence-electron chi connectivity index (χ0n) is 12.3. The fourth-order valence-corrected chi connectivity index (χ4v) is 3.01. The molecule has 1 aliphatic heterocycles. The van der Waals surface area contributed by atoms with Crippen molar-refractivity contribution in [2.45, 2.75) is 39.7 Å². The van der Waals surface area contributed by atoms with Crippen LogP contribution in [0.4, 0.5) is 14.5 Å². The van der Waals surface area contributed by atoms with E-state index >= 15 is 0 Å². The first kappa shape index (κ1) is 15.2. The van der Waals surface area contributed by atoms with Gasteiger partial charge in [-0.15, -0.1) is 0 Å². The van der Waals surface area contributed by atoms with Crippen molar-refractivity contribution in [2.24, 2.45) is 17.6 Å². The van der Waals surface area contributed by atoms with Crippen LogP contribution in [0.1, 0.15) is 38.7 Å². The molecule has 0 aromatic heterocycles. The molecule has 0 aliphatic carbocycles. The van der Waals surface area contributed by atoms with E-state index in [4.69, 9.17) is 5.73 Å². The Morgan fingerprint density at radius 3 is 2.60 bits per heavy atom. The summed E-state index contributed by atoms with van der Waals surface area (Å²) in [4.78, 5) is 1.97.